The van der Waals surface area contributed by atoms with E-state index in [9.17, 15) is 4.79 Å². The normalized spacial score (nSPS) is 12.3. The Morgan fingerprint density at radius 1 is 1.05 bits per heavy atom. The Hall–Kier alpha value is -3.97. The fraction of sp³-hybridized carbons (Fsp3) is 0.300. The molecule has 1 unspecified atom stereocenters. The van der Waals surface area contributed by atoms with Crippen LogP contribution in [0, 0.1) is 0 Å². The first-order valence-corrected chi connectivity index (χ1v) is 13.0. The fourth-order valence-electron chi connectivity index (χ4n) is 4.36. The van der Waals surface area contributed by atoms with Crippen molar-refractivity contribution in [3.63, 3.8) is 0 Å². The van der Waals surface area contributed by atoms with Crippen LogP contribution in [-0.4, -0.2) is 51.7 Å². The number of hydrogen-bond acceptors (Lipinski definition) is 5. The molecule has 2 heterocycles. The van der Waals surface area contributed by atoms with Gasteiger partial charge in [0.2, 0.25) is 0 Å². The van der Waals surface area contributed by atoms with Crippen LogP contribution < -0.4 is 10.6 Å². The van der Waals surface area contributed by atoms with E-state index in [4.69, 9.17) is 0 Å². The maximum Gasteiger partial charge on any atom is 0.253 e. The Balaban J connectivity index is 1.41. The lowest BCUT2D eigenvalue weighted by atomic mass is 10.1. The first-order valence-electron chi connectivity index (χ1n) is 13.0. The zero-order chi connectivity index (χ0) is 26.0. The molecule has 0 aliphatic carbocycles. The largest absolute Gasteiger partial charge is 0.355 e. The van der Waals surface area contributed by atoms with Crippen LogP contribution in [0.5, 0.6) is 0 Å². The molecule has 0 aliphatic heterocycles. The quantitative estimate of drug-likeness (QED) is 0.220. The zero-order valence-electron chi connectivity index (χ0n) is 21.9. The lowest BCUT2D eigenvalue weighted by Gasteiger charge is -2.20. The molecule has 0 saturated carbocycles. The minimum absolute atomic E-state index is 0.0667. The van der Waals surface area contributed by atoms with Gasteiger partial charge in [-0.3, -0.25) is 14.9 Å². The zero-order valence-corrected chi connectivity index (χ0v) is 21.9. The van der Waals surface area contributed by atoms with Gasteiger partial charge in [0, 0.05) is 23.3 Å². The number of rotatable bonds is 12. The molecule has 3 N–H and O–H groups in total. The van der Waals surface area contributed by atoms with E-state index in [1.165, 1.54) is 0 Å². The first kappa shape index (κ1) is 26.1. The minimum Gasteiger partial charge on any atom is -0.355 e. The van der Waals surface area contributed by atoms with Gasteiger partial charge in [0.25, 0.3) is 5.91 Å². The molecule has 4 rings (SSSR count). The second kappa shape index (κ2) is 12.8. The van der Waals surface area contributed by atoms with Crippen molar-refractivity contribution >= 4 is 40.3 Å². The average Bonchev–Trinajstić information content (AvgIpc) is 3.33. The van der Waals surface area contributed by atoms with Crippen molar-refractivity contribution in [2.24, 2.45) is 0 Å². The van der Waals surface area contributed by atoms with E-state index < -0.39 is 0 Å². The number of para-hydroxylation sites is 1. The van der Waals surface area contributed by atoms with Crippen LogP contribution in [0.3, 0.4) is 0 Å². The highest BCUT2D eigenvalue weighted by Gasteiger charge is 2.14. The molecule has 0 fully saturated rings. The van der Waals surface area contributed by atoms with Crippen LogP contribution in [0.1, 0.15) is 55.4 Å². The number of carbonyl (C=O) groups is 1. The van der Waals surface area contributed by atoms with Crippen LogP contribution >= 0.6 is 0 Å². The molecule has 0 radical (unpaired) electrons. The number of carbonyl (C=O) groups excluding carboxylic acids is 1. The monoisotopic (exact) mass is 496 g/mol. The van der Waals surface area contributed by atoms with E-state index in [0.29, 0.717) is 5.56 Å². The summed E-state index contributed by atoms with van der Waals surface area (Å²) in [5.74, 6) is -0.0667. The molecule has 2 aromatic heterocycles. The summed E-state index contributed by atoms with van der Waals surface area (Å²) < 4.78 is 0. The van der Waals surface area contributed by atoms with Crippen LogP contribution in [0.4, 0.5) is 11.4 Å². The van der Waals surface area contributed by atoms with Crippen molar-refractivity contribution in [2.75, 3.05) is 25.0 Å². The Kier molecular flexibility index (Phi) is 9.05. The summed E-state index contributed by atoms with van der Waals surface area (Å²) in [6.07, 6.45) is 7.68. The van der Waals surface area contributed by atoms with E-state index in [0.717, 1.165) is 66.1 Å². The van der Waals surface area contributed by atoms with Gasteiger partial charge in [0.1, 0.15) is 0 Å². The van der Waals surface area contributed by atoms with E-state index >= 15 is 0 Å². The average molecular weight is 497 g/mol. The van der Waals surface area contributed by atoms with Crippen molar-refractivity contribution in [1.82, 2.24) is 25.4 Å². The molecular weight excluding hydrogens is 460 g/mol. The molecule has 0 bridgehead atoms. The molecule has 0 saturated heterocycles. The van der Waals surface area contributed by atoms with Gasteiger partial charge in [0.05, 0.1) is 28.2 Å². The van der Waals surface area contributed by atoms with Crippen LogP contribution in [-0.2, 0) is 0 Å². The Morgan fingerprint density at radius 3 is 2.65 bits per heavy atom. The Labute approximate surface area is 219 Å². The van der Waals surface area contributed by atoms with Crippen LogP contribution in [0.15, 0.2) is 66.9 Å². The predicted octanol–water partition coefficient (Wildman–Crippen LogP) is 6.11. The van der Waals surface area contributed by atoms with Crippen molar-refractivity contribution in [3.8, 4) is 0 Å². The second-order valence-corrected chi connectivity index (χ2v) is 9.17. The molecule has 192 valence electrons. The lowest BCUT2D eigenvalue weighted by molar-refractivity contribution is 0.0938. The van der Waals surface area contributed by atoms with Gasteiger partial charge < -0.3 is 15.5 Å². The summed E-state index contributed by atoms with van der Waals surface area (Å²) in [6.45, 7) is 9.61. The maximum atomic E-state index is 13.1. The third-order valence-electron chi connectivity index (χ3n) is 6.53. The third-order valence-corrected chi connectivity index (χ3v) is 6.53. The second-order valence-electron chi connectivity index (χ2n) is 9.17. The number of aromatic nitrogens is 3. The van der Waals surface area contributed by atoms with E-state index in [-0.39, 0.29) is 11.9 Å². The standard InChI is InChI=1S/C30H36N6O/c1-4-36(5-2)20-10-11-22(3)32-30(37)26-13-6-7-14-27(26)33-24-15-17-25-28(34-35-29(25)21-24)18-16-23-12-8-9-19-31-23/h6-9,12-19,21-22,33H,4-5,10-11,20H2,1-3H3,(H,32,37)(H,34,35)/b18-16+. The smallest absolute Gasteiger partial charge is 0.253 e. The molecule has 7 nitrogen and oxygen atoms in total. The van der Waals surface area contributed by atoms with E-state index in [1.807, 2.05) is 72.8 Å². The molecular formula is C30H36N6O. The molecule has 2 aromatic carbocycles. The van der Waals surface area contributed by atoms with E-state index in [1.54, 1.807) is 6.20 Å². The summed E-state index contributed by atoms with van der Waals surface area (Å²) in [6, 6.07) is 19.6. The fourth-order valence-corrected chi connectivity index (χ4v) is 4.36. The van der Waals surface area contributed by atoms with Gasteiger partial charge in [-0.1, -0.05) is 32.0 Å². The van der Waals surface area contributed by atoms with Gasteiger partial charge in [0.15, 0.2) is 0 Å². The molecule has 0 aliphatic rings. The SMILES string of the molecule is CCN(CC)CCCC(C)NC(=O)c1ccccc1Nc1ccc2c(/C=C/c3ccccn3)n[nH]c2c1. The molecule has 1 atom stereocenters. The Bertz CT molecular complexity index is 1330. The van der Waals surface area contributed by atoms with Gasteiger partial charge in [-0.2, -0.15) is 5.10 Å². The predicted molar refractivity (Wildman–Crippen MR) is 153 cm³/mol. The number of anilines is 2. The number of nitrogens with one attached hydrogen (secondary N) is 3. The summed E-state index contributed by atoms with van der Waals surface area (Å²) in [5.41, 5.74) is 4.91. The van der Waals surface area contributed by atoms with Gasteiger partial charge in [-0.25, -0.2) is 0 Å². The first-order chi connectivity index (χ1) is 18.1. The highest BCUT2D eigenvalue weighted by atomic mass is 16.1. The summed E-state index contributed by atoms with van der Waals surface area (Å²) in [7, 11) is 0. The van der Waals surface area contributed by atoms with Crippen LogP contribution in [0.2, 0.25) is 0 Å². The highest BCUT2D eigenvalue weighted by Crippen LogP contribution is 2.26. The van der Waals surface area contributed by atoms with Crippen molar-refractivity contribution in [2.45, 2.75) is 39.7 Å². The number of benzene rings is 2. The van der Waals surface area contributed by atoms with Gasteiger partial charge in [-0.05, 0) is 94.0 Å². The summed E-state index contributed by atoms with van der Waals surface area (Å²) in [4.78, 5) is 19.8. The number of fused-ring (bicyclic) bond motifs is 1. The number of nitrogens with zero attached hydrogens (tertiary/aromatic N) is 3. The van der Waals surface area contributed by atoms with Crippen molar-refractivity contribution in [3.05, 3.63) is 83.8 Å². The maximum absolute atomic E-state index is 13.1. The number of pyridine rings is 1. The van der Waals surface area contributed by atoms with Gasteiger partial charge >= 0.3 is 0 Å². The van der Waals surface area contributed by atoms with E-state index in [2.05, 4.69) is 51.5 Å². The number of aromatic amines is 1. The molecule has 37 heavy (non-hydrogen) atoms. The number of amides is 1. The highest BCUT2D eigenvalue weighted by molar-refractivity contribution is 6.01. The topological polar surface area (TPSA) is 85.9 Å². The van der Waals surface area contributed by atoms with Crippen LogP contribution in [0.25, 0.3) is 23.1 Å². The molecule has 1 amide bonds. The molecule has 7 heteroatoms. The van der Waals surface area contributed by atoms with Gasteiger partial charge in [-0.15, -0.1) is 0 Å². The van der Waals surface area contributed by atoms with Crippen molar-refractivity contribution in [1.29, 1.82) is 0 Å². The molecule has 0 spiro atoms. The van der Waals surface area contributed by atoms with Crippen molar-refractivity contribution < 1.29 is 4.79 Å². The Morgan fingerprint density at radius 2 is 1.86 bits per heavy atom. The third kappa shape index (κ3) is 7.05. The lowest BCUT2D eigenvalue weighted by Crippen LogP contribution is -2.34. The molecule has 4 aromatic rings. The number of H-pyrrole nitrogens is 1. The minimum atomic E-state index is -0.0667. The summed E-state index contributed by atoms with van der Waals surface area (Å²) >= 11 is 0. The summed E-state index contributed by atoms with van der Waals surface area (Å²) in [5, 5.41) is 15.2. The number of hydrogen-bond donors (Lipinski definition) is 3.